The van der Waals surface area contributed by atoms with E-state index >= 15 is 0 Å². The summed E-state index contributed by atoms with van der Waals surface area (Å²) in [6.45, 7) is 6.13. The Morgan fingerprint density at radius 2 is 1.72 bits per heavy atom. The van der Waals surface area contributed by atoms with Crippen LogP contribution in [-0.4, -0.2) is 39.9 Å². The quantitative estimate of drug-likeness (QED) is 0.749. The summed E-state index contributed by atoms with van der Waals surface area (Å²) < 4.78 is 24.0. The van der Waals surface area contributed by atoms with Crippen molar-refractivity contribution >= 4 is 33.3 Å². The molecule has 8 nitrogen and oxygen atoms in total. The number of carboxylic acids is 1. The van der Waals surface area contributed by atoms with Gasteiger partial charge in [-0.25, -0.2) is 8.42 Å². The van der Waals surface area contributed by atoms with Crippen LogP contribution in [0.4, 0.5) is 0 Å². The number of aliphatic carboxylic acids is 1. The van der Waals surface area contributed by atoms with Crippen molar-refractivity contribution in [2.75, 3.05) is 0 Å². The summed E-state index contributed by atoms with van der Waals surface area (Å²) in [6.07, 6.45) is 0.348. The number of aryl methyl sites for hydroxylation is 1. The standard InChI is InChI=1S/C10H9ClO4S.C9H15N3O/c11-7-1-3-8(4-2-7)16(14,15)10(5-6-10)9(12)13;1-9(2,3)7-5-6(8(10)13)12(4)11-7/h1-4H,5-6H2,(H,12,13);5H,1-4H3,(H2,10,13). The number of amides is 1. The first-order valence-electron chi connectivity index (χ1n) is 8.80. The van der Waals surface area contributed by atoms with Crippen molar-refractivity contribution in [3.8, 4) is 0 Å². The molecule has 0 unspecified atom stereocenters. The van der Waals surface area contributed by atoms with Crippen LogP contribution in [0.15, 0.2) is 35.2 Å². The number of carbonyl (C=O) groups excluding carboxylic acids is 1. The molecule has 1 amide bonds. The van der Waals surface area contributed by atoms with Gasteiger partial charge in [-0.05, 0) is 43.2 Å². The van der Waals surface area contributed by atoms with E-state index in [-0.39, 0.29) is 23.2 Å². The van der Waals surface area contributed by atoms with Gasteiger partial charge < -0.3 is 10.8 Å². The van der Waals surface area contributed by atoms with E-state index in [9.17, 15) is 18.0 Å². The third-order valence-electron chi connectivity index (χ3n) is 4.63. The van der Waals surface area contributed by atoms with Gasteiger partial charge in [-0.3, -0.25) is 14.3 Å². The number of rotatable bonds is 4. The Bertz CT molecular complexity index is 1030. The summed E-state index contributed by atoms with van der Waals surface area (Å²) in [7, 11) is -2.08. The molecule has 2 aromatic rings. The van der Waals surface area contributed by atoms with Crippen LogP contribution < -0.4 is 5.73 Å². The third kappa shape index (κ3) is 4.62. The number of hydrogen-bond donors (Lipinski definition) is 2. The Morgan fingerprint density at radius 3 is 2.03 bits per heavy atom. The molecule has 1 aliphatic carbocycles. The van der Waals surface area contributed by atoms with Crippen LogP contribution in [0.3, 0.4) is 0 Å². The molecule has 0 saturated heterocycles. The van der Waals surface area contributed by atoms with Gasteiger partial charge in [0.25, 0.3) is 5.91 Å². The molecule has 1 saturated carbocycles. The van der Waals surface area contributed by atoms with E-state index in [4.69, 9.17) is 22.4 Å². The number of nitrogens with two attached hydrogens (primary N) is 1. The molecular formula is C19H24ClN3O5S. The highest BCUT2D eigenvalue weighted by molar-refractivity contribution is 7.94. The van der Waals surface area contributed by atoms with Gasteiger partial charge in [0, 0.05) is 17.5 Å². The largest absolute Gasteiger partial charge is 0.480 e. The topological polar surface area (TPSA) is 132 Å². The van der Waals surface area contributed by atoms with Crippen LogP contribution >= 0.6 is 11.6 Å². The number of benzene rings is 1. The van der Waals surface area contributed by atoms with Crippen LogP contribution in [0.2, 0.25) is 5.02 Å². The number of carboxylic acid groups (broad SMARTS) is 1. The smallest absolute Gasteiger partial charge is 0.325 e. The average molecular weight is 442 g/mol. The fourth-order valence-corrected chi connectivity index (χ4v) is 4.56. The highest BCUT2D eigenvalue weighted by Crippen LogP contribution is 2.47. The molecule has 0 atom stereocenters. The van der Waals surface area contributed by atoms with Gasteiger partial charge in [0.1, 0.15) is 5.69 Å². The molecule has 158 valence electrons. The molecule has 10 heteroatoms. The fourth-order valence-electron chi connectivity index (χ4n) is 2.61. The molecule has 29 heavy (non-hydrogen) atoms. The van der Waals surface area contributed by atoms with E-state index < -0.39 is 26.5 Å². The second-order valence-electron chi connectivity index (χ2n) is 7.91. The molecule has 0 bridgehead atoms. The lowest BCUT2D eigenvalue weighted by atomic mass is 9.92. The van der Waals surface area contributed by atoms with Gasteiger partial charge in [0.2, 0.25) is 0 Å². The second-order valence-corrected chi connectivity index (χ2v) is 10.6. The van der Waals surface area contributed by atoms with Crippen molar-refractivity contribution in [2.24, 2.45) is 12.8 Å². The molecule has 1 aliphatic rings. The maximum Gasteiger partial charge on any atom is 0.325 e. The number of nitrogens with zero attached hydrogens (tertiary/aromatic N) is 2. The molecule has 1 aromatic carbocycles. The van der Waals surface area contributed by atoms with Gasteiger partial charge >= 0.3 is 5.97 Å². The average Bonchev–Trinajstić information content (AvgIpc) is 3.32. The zero-order valence-electron chi connectivity index (χ0n) is 16.6. The predicted molar refractivity (Wildman–Crippen MR) is 109 cm³/mol. The van der Waals surface area contributed by atoms with Crippen LogP contribution in [0.5, 0.6) is 0 Å². The molecule has 3 N–H and O–H groups in total. The van der Waals surface area contributed by atoms with Crippen LogP contribution in [0, 0.1) is 0 Å². The van der Waals surface area contributed by atoms with Gasteiger partial charge in [-0.15, -0.1) is 0 Å². The zero-order valence-corrected chi connectivity index (χ0v) is 18.2. The Labute approximate surface area is 174 Å². The summed E-state index contributed by atoms with van der Waals surface area (Å²) in [5, 5.41) is 13.6. The number of primary amides is 1. The molecule has 0 radical (unpaired) electrons. The van der Waals surface area contributed by atoms with Gasteiger partial charge in [-0.1, -0.05) is 32.4 Å². The third-order valence-corrected chi connectivity index (χ3v) is 7.39. The second kappa shape index (κ2) is 7.79. The van der Waals surface area contributed by atoms with Crippen molar-refractivity contribution in [3.63, 3.8) is 0 Å². The van der Waals surface area contributed by atoms with Crippen LogP contribution in [0.25, 0.3) is 0 Å². The lowest BCUT2D eigenvalue weighted by Gasteiger charge is -2.13. The molecular weight excluding hydrogens is 418 g/mol. The number of halogens is 1. The van der Waals surface area contributed by atoms with E-state index in [1.165, 1.54) is 28.9 Å². The van der Waals surface area contributed by atoms with Crippen LogP contribution in [-0.2, 0) is 27.1 Å². The van der Waals surface area contributed by atoms with Crippen molar-refractivity contribution in [1.29, 1.82) is 0 Å². The number of carbonyl (C=O) groups is 2. The Kier molecular flexibility index (Phi) is 6.15. The minimum atomic E-state index is -3.80. The van der Waals surface area contributed by atoms with Crippen molar-refractivity contribution < 1.29 is 23.1 Å². The van der Waals surface area contributed by atoms with E-state index in [0.29, 0.717) is 10.7 Å². The first-order chi connectivity index (χ1) is 13.2. The Hall–Kier alpha value is -2.39. The van der Waals surface area contributed by atoms with E-state index in [1.54, 1.807) is 13.1 Å². The Morgan fingerprint density at radius 1 is 1.21 bits per heavy atom. The van der Waals surface area contributed by atoms with E-state index in [0.717, 1.165) is 5.69 Å². The van der Waals surface area contributed by atoms with E-state index in [2.05, 4.69) is 5.10 Å². The number of sulfone groups is 1. The monoisotopic (exact) mass is 441 g/mol. The number of aromatic nitrogens is 2. The highest BCUT2D eigenvalue weighted by Gasteiger charge is 2.61. The SMILES string of the molecule is Cn1nc(C(C)(C)C)cc1C(N)=O.O=C(O)C1(S(=O)(=O)c2ccc(Cl)cc2)CC1. The first kappa shape index (κ1) is 22.9. The zero-order chi connectivity index (χ0) is 22.2. The summed E-state index contributed by atoms with van der Waals surface area (Å²) in [6, 6.07) is 7.28. The first-order valence-corrected chi connectivity index (χ1v) is 10.7. The molecule has 0 aliphatic heterocycles. The molecule has 1 aromatic heterocycles. The lowest BCUT2D eigenvalue weighted by molar-refractivity contribution is -0.137. The molecule has 1 fully saturated rings. The summed E-state index contributed by atoms with van der Waals surface area (Å²) in [5.41, 5.74) is 6.45. The minimum absolute atomic E-state index is 0.0109. The molecule has 1 heterocycles. The maximum atomic E-state index is 12.0. The lowest BCUT2D eigenvalue weighted by Crippen LogP contribution is -2.32. The fraction of sp³-hybridized carbons (Fsp3) is 0.421. The van der Waals surface area contributed by atoms with E-state index in [1.807, 2.05) is 20.8 Å². The van der Waals surface area contributed by atoms with Gasteiger partial charge in [-0.2, -0.15) is 5.10 Å². The maximum absolute atomic E-state index is 12.0. The van der Waals surface area contributed by atoms with Gasteiger partial charge in [0.05, 0.1) is 10.6 Å². The molecule has 3 rings (SSSR count). The van der Waals surface area contributed by atoms with Crippen molar-refractivity contribution in [1.82, 2.24) is 9.78 Å². The summed E-state index contributed by atoms with van der Waals surface area (Å²) in [5.74, 6) is -1.71. The predicted octanol–water partition coefficient (Wildman–Crippen LogP) is 2.55. The Balaban J connectivity index is 0.000000212. The molecule has 0 spiro atoms. The normalized spacial score (nSPS) is 15.2. The van der Waals surface area contributed by atoms with Gasteiger partial charge in [0.15, 0.2) is 14.6 Å². The van der Waals surface area contributed by atoms with Crippen molar-refractivity contribution in [2.45, 2.75) is 48.7 Å². The summed E-state index contributed by atoms with van der Waals surface area (Å²) in [4.78, 5) is 21.9. The van der Waals surface area contributed by atoms with Crippen molar-refractivity contribution in [3.05, 3.63) is 46.7 Å². The van der Waals surface area contributed by atoms with Crippen LogP contribution in [0.1, 0.15) is 49.8 Å². The number of hydrogen-bond acceptors (Lipinski definition) is 5. The highest BCUT2D eigenvalue weighted by atomic mass is 35.5. The minimum Gasteiger partial charge on any atom is -0.480 e. The summed E-state index contributed by atoms with van der Waals surface area (Å²) >= 11 is 5.64.